The van der Waals surface area contributed by atoms with Gasteiger partial charge in [-0.3, -0.25) is 9.69 Å². The van der Waals surface area contributed by atoms with Crippen molar-refractivity contribution in [1.82, 2.24) is 10.2 Å². The van der Waals surface area contributed by atoms with Gasteiger partial charge in [-0.15, -0.1) is 0 Å². The van der Waals surface area contributed by atoms with Gasteiger partial charge < -0.3 is 19.4 Å². The summed E-state index contributed by atoms with van der Waals surface area (Å²) >= 11 is 0. The van der Waals surface area contributed by atoms with Gasteiger partial charge in [0.2, 0.25) is 5.91 Å². The number of carbonyl (C=O) groups excluding carboxylic acids is 1. The second kappa shape index (κ2) is 9.64. The molecular weight excluding hydrogens is 354 g/mol. The molecule has 152 valence electrons. The number of hydrogen-bond donors (Lipinski definition) is 1. The number of benzene rings is 1. The first-order valence-electron chi connectivity index (χ1n) is 10.00. The van der Waals surface area contributed by atoms with Gasteiger partial charge in [0.05, 0.1) is 19.4 Å². The van der Waals surface area contributed by atoms with Gasteiger partial charge in [0.25, 0.3) is 0 Å². The molecule has 1 N–H and O–H groups in total. The molecule has 1 aromatic heterocycles. The molecule has 1 aliphatic rings. The molecule has 0 saturated carbocycles. The molecule has 1 aliphatic heterocycles. The number of amides is 1. The van der Waals surface area contributed by atoms with Crippen LogP contribution in [0.25, 0.3) is 0 Å². The highest BCUT2D eigenvalue weighted by molar-refractivity contribution is 5.76. The van der Waals surface area contributed by atoms with Gasteiger partial charge in [-0.1, -0.05) is 13.8 Å². The number of hydrogen-bond acceptors (Lipinski definition) is 5. The van der Waals surface area contributed by atoms with Gasteiger partial charge in [-0.2, -0.15) is 0 Å². The SMILES string of the molecule is COc1ccc(N2CCN([C@H](CNC(=O)CC(C)C)c3ccco3)CC2)cc1. The standard InChI is InChI=1S/C22H31N3O3/c1-17(2)15-22(26)23-16-20(21-5-4-14-28-21)25-12-10-24(11-13-25)18-6-8-19(27-3)9-7-18/h4-9,14,17,20H,10-13,15-16H2,1-3H3,(H,23,26)/t20-/m1/s1. The Balaban J connectivity index is 1.60. The van der Waals surface area contributed by atoms with E-state index in [1.165, 1.54) is 5.69 Å². The molecule has 3 rings (SSSR count). The summed E-state index contributed by atoms with van der Waals surface area (Å²) in [5.74, 6) is 2.23. The van der Waals surface area contributed by atoms with Crippen molar-refractivity contribution in [3.8, 4) is 5.75 Å². The minimum atomic E-state index is 0.0594. The molecule has 0 radical (unpaired) electrons. The van der Waals surface area contributed by atoms with E-state index in [0.717, 1.165) is 37.7 Å². The van der Waals surface area contributed by atoms with E-state index < -0.39 is 0 Å². The summed E-state index contributed by atoms with van der Waals surface area (Å²) in [6.07, 6.45) is 2.25. The van der Waals surface area contributed by atoms with Crippen molar-refractivity contribution in [3.05, 3.63) is 48.4 Å². The monoisotopic (exact) mass is 385 g/mol. The largest absolute Gasteiger partial charge is 0.497 e. The second-order valence-electron chi connectivity index (χ2n) is 7.65. The second-order valence-corrected chi connectivity index (χ2v) is 7.65. The van der Waals surface area contributed by atoms with Crippen LogP contribution in [-0.2, 0) is 4.79 Å². The average Bonchev–Trinajstić information content (AvgIpc) is 3.23. The third-order valence-electron chi connectivity index (χ3n) is 5.15. The normalized spacial score (nSPS) is 16.2. The predicted octanol–water partition coefficient (Wildman–Crippen LogP) is 3.31. The molecule has 1 atom stereocenters. The highest BCUT2D eigenvalue weighted by atomic mass is 16.5. The van der Waals surface area contributed by atoms with Gasteiger partial charge in [-0.05, 0) is 42.3 Å². The Labute approximate surface area is 167 Å². The lowest BCUT2D eigenvalue weighted by molar-refractivity contribution is -0.122. The summed E-state index contributed by atoms with van der Waals surface area (Å²) in [5.41, 5.74) is 1.21. The van der Waals surface area contributed by atoms with E-state index in [1.807, 2.05) is 24.3 Å². The van der Waals surface area contributed by atoms with E-state index in [1.54, 1.807) is 13.4 Å². The Kier molecular flexibility index (Phi) is 6.98. The number of piperazine rings is 1. The molecule has 0 aliphatic carbocycles. The smallest absolute Gasteiger partial charge is 0.220 e. The molecule has 1 amide bonds. The lowest BCUT2D eigenvalue weighted by Crippen LogP contribution is -2.49. The van der Waals surface area contributed by atoms with E-state index >= 15 is 0 Å². The molecule has 0 unspecified atom stereocenters. The van der Waals surface area contributed by atoms with E-state index in [0.29, 0.717) is 18.9 Å². The summed E-state index contributed by atoms with van der Waals surface area (Å²) in [7, 11) is 1.68. The van der Waals surface area contributed by atoms with Crippen LogP contribution in [0, 0.1) is 5.92 Å². The van der Waals surface area contributed by atoms with Crippen LogP contribution in [0.15, 0.2) is 47.1 Å². The number of nitrogens with zero attached hydrogens (tertiary/aromatic N) is 2. The van der Waals surface area contributed by atoms with Crippen molar-refractivity contribution < 1.29 is 13.9 Å². The Morgan fingerprint density at radius 2 is 1.86 bits per heavy atom. The molecule has 0 spiro atoms. The van der Waals surface area contributed by atoms with E-state index in [9.17, 15) is 4.79 Å². The third-order valence-corrected chi connectivity index (χ3v) is 5.15. The topological polar surface area (TPSA) is 58.0 Å². The molecule has 1 aromatic carbocycles. The Bertz CT molecular complexity index is 720. The highest BCUT2D eigenvalue weighted by Gasteiger charge is 2.27. The minimum absolute atomic E-state index is 0.0594. The highest BCUT2D eigenvalue weighted by Crippen LogP contribution is 2.25. The number of nitrogens with one attached hydrogen (secondary N) is 1. The molecule has 6 nitrogen and oxygen atoms in total. The maximum Gasteiger partial charge on any atom is 0.220 e. The minimum Gasteiger partial charge on any atom is -0.497 e. The first kappa shape index (κ1) is 20.3. The summed E-state index contributed by atoms with van der Waals surface area (Å²) in [5, 5.41) is 3.09. The van der Waals surface area contributed by atoms with Crippen molar-refractivity contribution in [2.24, 2.45) is 5.92 Å². The molecule has 0 bridgehead atoms. The number of methoxy groups -OCH3 is 1. The van der Waals surface area contributed by atoms with Crippen LogP contribution in [0.2, 0.25) is 0 Å². The lowest BCUT2D eigenvalue weighted by atomic mass is 10.1. The average molecular weight is 386 g/mol. The van der Waals surface area contributed by atoms with Crippen LogP contribution < -0.4 is 15.0 Å². The van der Waals surface area contributed by atoms with Crippen LogP contribution in [0.3, 0.4) is 0 Å². The zero-order valence-corrected chi connectivity index (χ0v) is 17.1. The van der Waals surface area contributed by atoms with Gasteiger partial charge in [0, 0.05) is 44.8 Å². The summed E-state index contributed by atoms with van der Waals surface area (Å²) in [6.45, 7) is 8.38. The van der Waals surface area contributed by atoms with Crippen molar-refractivity contribution in [1.29, 1.82) is 0 Å². The van der Waals surface area contributed by atoms with Crippen molar-refractivity contribution in [2.45, 2.75) is 26.3 Å². The number of furan rings is 1. The van der Waals surface area contributed by atoms with Gasteiger partial charge in [-0.25, -0.2) is 0 Å². The molecular formula is C22H31N3O3. The van der Waals surface area contributed by atoms with Gasteiger partial charge in [0.1, 0.15) is 11.5 Å². The number of anilines is 1. The first-order chi connectivity index (χ1) is 13.6. The van der Waals surface area contributed by atoms with Gasteiger partial charge >= 0.3 is 0 Å². The maximum absolute atomic E-state index is 12.1. The van der Waals surface area contributed by atoms with Crippen LogP contribution >= 0.6 is 0 Å². The molecule has 1 saturated heterocycles. The van der Waals surface area contributed by atoms with Crippen molar-refractivity contribution >= 4 is 11.6 Å². The molecule has 2 heterocycles. The van der Waals surface area contributed by atoms with Crippen LogP contribution in [0.4, 0.5) is 5.69 Å². The summed E-state index contributed by atoms with van der Waals surface area (Å²) in [4.78, 5) is 16.9. The van der Waals surface area contributed by atoms with Crippen molar-refractivity contribution in [2.75, 3.05) is 44.7 Å². The zero-order valence-electron chi connectivity index (χ0n) is 17.1. The van der Waals surface area contributed by atoms with E-state index in [2.05, 4.69) is 41.1 Å². The molecule has 2 aromatic rings. The van der Waals surface area contributed by atoms with Crippen LogP contribution in [-0.4, -0.2) is 50.6 Å². The lowest BCUT2D eigenvalue weighted by Gasteiger charge is -2.39. The Morgan fingerprint density at radius 1 is 1.14 bits per heavy atom. The van der Waals surface area contributed by atoms with Crippen molar-refractivity contribution in [3.63, 3.8) is 0 Å². The fourth-order valence-corrected chi connectivity index (χ4v) is 3.63. The van der Waals surface area contributed by atoms with Gasteiger partial charge in [0.15, 0.2) is 0 Å². The molecule has 1 fully saturated rings. The van der Waals surface area contributed by atoms with Crippen LogP contribution in [0.1, 0.15) is 32.1 Å². The zero-order chi connectivity index (χ0) is 19.9. The summed E-state index contributed by atoms with van der Waals surface area (Å²) < 4.78 is 10.9. The molecule has 6 heteroatoms. The molecule has 28 heavy (non-hydrogen) atoms. The van der Waals surface area contributed by atoms with E-state index in [4.69, 9.17) is 9.15 Å². The number of ether oxygens (including phenoxy) is 1. The van der Waals surface area contributed by atoms with Crippen LogP contribution in [0.5, 0.6) is 5.75 Å². The quantitative estimate of drug-likeness (QED) is 0.755. The van der Waals surface area contributed by atoms with E-state index in [-0.39, 0.29) is 11.9 Å². The summed E-state index contributed by atoms with van der Waals surface area (Å²) in [6, 6.07) is 12.2. The maximum atomic E-state index is 12.1. The fourth-order valence-electron chi connectivity index (χ4n) is 3.63. The Hall–Kier alpha value is -2.47. The third kappa shape index (κ3) is 5.29. The predicted molar refractivity (Wildman–Crippen MR) is 111 cm³/mol. The number of rotatable bonds is 8. The fraction of sp³-hybridized carbons (Fsp3) is 0.500. The first-order valence-corrected chi connectivity index (χ1v) is 10.00. The number of carbonyl (C=O) groups is 1. The Morgan fingerprint density at radius 3 is 2.43 bits per heavy atom.